The standard InChI is InChI=1S/C20H23ClN6O3/c1-12-16(25-30-24-12)9-22-18(28)8-14-4-3-7-26(10-14)20(29)19-13(2)23-17-6-5-15(21)11-27(17)19/h5-6,11,14H,3-4,7-10H2,1-2H3,(H,22,28)/t14-/m0/s1. The van der Waals surface area contributed by atoms with Crippen molar-refractivity contribution in [1.82, 2.24) is 29.9 Å². The lowest BCUT2D eigenvalue weighted by atomic mass is 9.94. The van der Waals surface area contributed by atoms with E-state index in [2.05, 4.69) is 25.2 Å². The summed E-state index contributed by atoms with van der Waals surface area (Å²) in [5.74, 6) is -0.0616. The van der Waals surface area contributed by atoms with Crippen LogP contribution in [0.4, 0.5) is 0 Å². The molecule has 158 valence electrons. The lowest BCUT2D eigenvalue weighted by Gasteiger charge is -2.32. The van der Waals surface area contributed by atoms with Crippen LogP contribution in [0.2, 0.25) is 5.02 Å². The molecule has 10 heteroatoms. The summed E-state index contributed by atoms with van der Waals surface area (Å²) in [7, 11) is 0. The Kier molecular flexibility index (Phi) is 5.72. The molecule has 1 aliphatic heterocycles. The van der Waals surface area contributed by atoms with Gasteiger partial charge in [-0.1, -0.05) is 21.9 Å². The third-order valence-corrected chi connectivity index (χ3v) is 5.66. The normalized spacial score (nSPS) is 16.8. The minimum Gasteiger partial charge on any atom is -0.350 e. The first kappa shape index (κ1) is 20.3. The molecule has 1 aliphatic rings. The number of carbonyl (C=O) groups is 2. The number of halogens is 1. The lowest BCUT2D eigenvalue weighted by Crippen LogP contribution is -2.42. The van der Waals surface area contributed by atoms with Gasteiger partial charge in [-0.05, 0) is 44.7 Å². The number of carbonyl (C=O) groups excluding carboxylic acids is 2. The Morgan fingerprint density at radius 2 is 2.10 bits per heavy atom. The molecule has 1 saturated heterocycles. The van der Waals surface area contributed by atoms with Crippen LogP contribution in [0.25, 0.3) is 5.65 Å². The maximum absolute atomic E-state index is 13.3. The highest BCUT2D eigenvalue weighted by molar-refractivity contribution is 6.30. The van der Waals surface area contributed by atoms with Crippen molar-refractivity contribution in [2.75, 3.05) is 13.1 Å². The largest absolute Gasteiger partial charge is 0.350 e. The summed E-state index contributed by atoms with van der Waals surface area (Å²) in [6.07, 6.45) is 3.82. The molecule has 0 unspecified atom stereocenters. The van der Waals surface area contributed by atoms with E-state index in [9.17, 15) is 9.59 Å². The minimum atomic E-state index is -0.0864. The van der Waals surface area contributed by atoms with Crippen molar-refractivity contribution in [3.63, 3.8) is 0 Å². The number of likely N-dealkylation sites (tertiary alicyclic amines) is 1. The number of fused-ring (bicyclic) bond motifs is 1. The first-order chi connectivity index (χ1) is 14.4. The molecule has 9 nitrogen and oxygen atoms in total. The summed E-state index contributed by atoms with van der Waals surface area (Å²) >= 11 is 6.12. The number of hydrogen-bond acceptors (Lipinski definition) is 6. The van der Waals surface area contributed by atoms with E-state index in [-0.39, 0.29) is 24.3 Å². The molecule has 3 aromatic rings. The third-order valence-electron chi connectivity index (χ3n) is 5.44. The van der Waals surface area contributed by atoms with Gasteiger partial charge in [-0.3, -0.25) is 14.0 Å². The molecule has 1 N–H and O–H groups in total. The van der Waals surface area contributed by atoms with Crippen molar-refractivity contribution in [3.8, 4) is 0 Å². The monoisotopic (exact) mass is 430 g/mol. The average Bonchev–Trinajstić information content (AvgIpc) is 3.27. The van der Waals surface area contributed by atoms with Gasteiger partial charge in [-0.25, -0.2) is 9.61 Å². The summed E-state index contributed by atoms with van der Waals surface area (Å²) in [5, 5.41) is 10.9. The second kappa shape index (κ2) is 8.43. The number of imidazole rings is 1. The quantitative estimate of drug-likeness (QED) is 0.666. The molecule has 0 aromatic carbocycles. The van der Waals surface area contributed by atoms with Gasteiger partial charge in [0.2, 0.25) is 5.91 Å². The van der Waals surface area contributed by atoms with Crippen LogP contribution >= 0.6 is 11.6 Å². The number of amides is 2. The first-order valence-corrected chi connectivity index (χ1v) is 10.3. The molecule has 0 spiro atoms. The van der Waals surface area contributed by atoms with Gasteiger partial charge in [0, 0.05) is 25.7 Å². The number of hydrogen-bond donors (Lipinski definition) is 1. The van der Waals surface area contributed by atoms with Gasteiger partial charge in [0.15, 0.2) is 0 Å². The molecule has 0 saturated carbocycles. The van der Waals surface area contributed by atoms with Crippen molar-refractivity contribution < 1.29 is 14.2 Å². The van der Waals surface area contributed by atoms with Gasteiger partial charge in [0.1, 0.15) is 22.7 Å². The highest BCUT2D eigenvalue weighted by Gasteiger charge is 2.29. The van der Waals surface area contributed by atoms with Crippen LogP contribution in [-0.4, -0.2) is 49.5 Å². The number of aryl methyl sites for hydroxylation is 2. The number of nitrogens with zero attached hydrogens (tertiary/aromatic N) is 5. The molecule has 2 amide bonds. The fourth-order valence-corrected chi connectivity index (χ4v) is 4.05. The Hall–Kier alpha value is -2.94. The Bertz CT molecular complexity index is 1090. The number of pyridine rings is 1. The molecule has 0 aliphatic carbocycles. The summed E-state index contributed by atoms with van der Waals surface area (Å²) < 4.78 is 6.38. The molecule has 1 atom stereocenters. The van der Waals surface area contributed by atoms with E-state index >= 15 is 0 Å². The zero-order valence-corrected chi connectivity index (χ0v) is 17.6. The molecule has 3 aromatic heterocycles. The number of rotatable bonds is 5. The fourth-order valence-electron chi connectivity index (χ4n) is 3.89. The van der Waals surface area contributed by atoms with Gasteiger partial charge in [-0.2, -0.15) is 0 Å². The van der Waals surface area contributed by atoms with Gasteiger partial charge in [0.25, 0.3) is 5.91 Å². The van der Waals surface area contributed by atoms with Crippen LogP contribution in [-0.2, 0) is 11.3 Å². The first-order valence-electron chi connectivity index (χ1n) is 9.90. The van der Waals surface area contributed by atoms with E-state index < -0.39 is 0 Å². The summed E-state index contributed by atoms with van der Waals surface area (Å²) in [6.45, 7) is 5.07. The molecule has 30 heavy (non-hydrogen) atoms. The van der Waals surface area contributed by atoms with Crippen molar-refractivity contribution in [3.05, 3.63) is 46.1 Å². The van der Waals surface area contributed by atoms with E-state index in [1.165, 1.54) is 0 Å². The molecule has 0 radical (unpaired) electrons. The highest BCUT2D eigenvalue weighted by Crippen LogP contribution is 2.23. The van der Waals surface area contributed by atoms with Crippen LogP contribution in [0.3, 0.4) is 0 Å². The van der Waals surface area contributed by atoms with Gasteiger partial charge in [0.05, 0.1) is 17.3 Å². The number of nitrogens with one attached hydrogen (secondary N) is 1. The van der Waals surface area contributed by atoms with Crippen LogP contribution < -0.4 is 5.32 Å². The predicted octanol–water partition coefficient (Wildman–Crippen LogP) is 2.55. The summed E-state index contributed by atoms with van der Waals surface area (Å²) in [4.78, 5) is 31.9. The van der Waals surface area contributed by atoms with Gasteiger partial charge in [-0.15, -0.1) is 0 Å². The second-order valence-electron chi connectivity index (χ2n) is 7.66. The average molecular weight is 431 g/mol. The molecule has 4 rings (SSSR count). The Labute approximate surface area is 178 Å². The van der Waals surface area contributed by atoms with Crippen molar-refractivity contribution in [1.29, 1.82) is 0 Å². The Morgan fingerprint density at radius 1 is 1.27 bits per heavy atom. The number of aromatic nitrogens is 4. The highest BCUT2D eigenvalue weighted by atomic mass is 35.5. The van der Waals surface area contributed by atoms with E-state index in [4.69, 9.17) is 11.6 Å². The van der Waals surface area contributed by atoms with Gasteiger partial charge >= 0.3 is 0 Å². The summed E-state index contributed by atoms with van der Waals surface area (Å²) in [6, 6.07) is 3.55. The smallest absolute Gasteiger partial charge is 0.272 e. The third kappa shape index (κ3) is 4.16. The topological polar surface area (TPSA) is 106 Å². The van der Waals surface area contributed by atoms with Crippen LogP contribution in [0.5, 0.6) is 0 Å². The second-order valence-corrected chi connectivity index (χ2v) is 8.09. The minimum absolute atomic E-state index is 0.0746. The van der Waals surface area contributed by atoms with E-state index in [1.807, 2.05) is 11.8 Å². The van der Waals surface area contributed by atoms with E-state index in [0.717, 1.165) is 12.8 Å². The maximum Gasteiger partial charge on any atom is 0.272 e. The van der Waals surface area contributed by atoms with Crippen LogP contribution in [0, 0.1) is 19.8 Å². The Morgan fingerprint density at radius 3 is 2.87 bits per heavy atom. The molecular weight excluding hydrogens is 408 g/mol. The van der Waals surface area contributed by atoms with E-state index in [0.29, 0.717) is 53.0 Å². The SMILES string of the molecule is Cc1nonc1CNC(=O)C[C@@H]1CCCN(C(=O)c2c(C)nc3ccc(Cl)cn23)C1. The van der Waals surface area contributed by atoms with Crippen molar-refractivity contribution >= 4 is 29.1 Å². The van der Waals surface area contributed by atoms with Crippen LogP contribution in [0.1, 0.15) is 46.8 Å². The molecule has 1 fully saturated rings. The maximum atomic E-state index is 13.3. The number of piperidine rings is 1. The van der Waals surface area contributed by atoms with Crippen molar-refractivity contribution in [2.45, 2.75) is 39.7 Å². The molecule has 0 bridgehead atoms. The lowest BCUT2D eigenvalue weighted by molar-refractivity contribution is -0.122. The zero-order valence-electron chi connectivity index (χ0n) is 16.9. The summed E-state index contributed by atoms with van der Waals surface area (Å²) in [5.41, 5.74) is 3.15. The molecule has 4 heterocycles. The molecular formula is C20H23ClN6O3. The fraction of sp³-hybridized carbons (Fsp3) is 0.450. The zero-order chi connectivity index (χ0) is 21.3. The predicted molar refractivity (Wildman–Crippen MR) is 109 cm³/mol. The van der Waals surface area contributed by atoms with Crippen molar-refractivity contribution in [2.24, 2.45) is 5.92 Å². The van der Waals surface area contributed by atoms with Crippen LogP contribution in [0.15, 0.2) is 23.0 Å². The van der Waals surface area contributed by atoms with E-state index in [1.54, 1.807) is 29.7 Å². The van der Waals surface area contributed by atoms with Gasteiger partial charge < -0.3 is 10.2 Å². The Balaban J connectivity index is 1.41.